The molecular formula is C15H17Cl2IN2O. The van der Waals surface area contributed by atoms with Crippen LogP contribution in [-0.4, -0.2) is 14.9 Å². The number of aliphatic hydroxyl groups excluding tert-OH is 1. The van der Waals surface area contributed by atoms with Gasteiger partial charge in [0.25, 0.3) is 0 Å². The van der Waals surface area contributed by atoms with Crippen molar-refractivity contribution in [3.63, 3.8) is 0 Å². The van der Waals surface area contributed by atoms with Crippen LogP contribution in [0.4, 0.5) is 0 Å². The molecule has 6 heteroatoms. The second-order valence-electron chi connectivity index (χ2n) is 4.77. The smallest absolute Gasteiger partial charge is 0.0851 e. The second-order valence-corrected chi connectivity index (χ2v) is 6.72. The Labute approximate surface area is 148 Å². The summed E-state index contributed by atoms with van der Waals surface area (Å²) in [4.78, 5) is 0. The summed E-state index contributed by atoms with van der Waals surface area (Å²) in [5, 5.41) is 16.2. The molecule has 0 bridgehead atoms. The van der Waals surface area contributed by atoms with Crippen molar-refractivity contribution in [3.05, 3.63) is 48.8 Å². The fraction of sp³-hybridized carbons (Fsp3) is 0.400. The topological polar surface area (TPSA) is 38.0 Å². The number of hydrogen-bond acceptors (Lipinski definition) is 2. The van der Waals surface area contributed by atoms with Gasteiger partial charge in [-0.25, -0.2) is 0 Å². The van der Waals surface area contributed by atoms with Crippen LogP contribution in [0.2, 0.25) is 10.0 Å². The maximum atomic E-state index is 10.5. The van der Waals surface area contributed by atoms with Crippen LogP contribution in [0, 0.1) is 3.57 Å². The minimum Gasteiger partial charge on any atom is -0.388 e. The van der Waals surface area contributed by atoms with Gasteiger partial charge in [-0.1, -0.05) is 36.2 Å². The van der Waals surface area contributed by atoms with Gasteiger partial charge in [-0.05, 0) is 53.6 Å². The average molecular weight is 439 g/mol. The highest BCUT2D eigenvalue weighted by molar-refractivity contribution is 14.1. The zero-order valence-electron chi connectivity index (χ0n) is 11.9. The summed E-state index contributed by atoms with van der Waals surface area (Å²) < 4.78 is 2.83. The Balaban J connectivity index is 2.28. The molecular weight excluding hydrogens is 422 g/mol. The fourth-order valence-electron chi connectivity index (χ4n) is 2.23. The molecule has 21 heavy (non-hydrogen) atoms. The van der Waals surface area contributed by atoms with Crippen LogP contribution in [0.5, 0.6) is 0 Å². The highest BCUT2D eigenvalue weighted by Crippen LogP contribution is 2.29. The first-order valence-corrected chi connectivity index (χ1v) is 8.68. The maximum absolute atomic E-state index is 10.5. The third-order valence-corrected chi connectivity index (χ3v) is 5.42. The standard InChI is InChI=1S/C15H17Cl2IN2O/c1-3-12-15(17)13(20(4-2)19-12)8-14(21)9-5-6-11(18)10(16)7-9/h5-7,14,21H,3-4,8H2,1-2H3. The molecule has 114 valence electrons. The van der Waals surface area contributed by atoms with Crippen molar-refractivity contribution in [1.82, 2.24) is 9.78 Å². The maximum Gasteiger partial charge on any atom is 0.0851 e. The van der Waals surface area contributed by atoms with E-state index in [-0.39, 0.29) is 0 Å². The minimum atomic E-state index is -0.649. The van der Waals surface area contributed by atoms with Crippen LogP contribution in [-0.2, 0) is 19.4 Å². The zero-order valence-corrected chi connectivity index (χ0v) is 15.6. The Hall–Kier alpha value is -0.300. The van der Waals surface area contributed by atoms with Gasteiger partial charge in [-0.15, -0.1) is 0 Å². The number of nitrogens with zero attached hydrogens (tertiary/aromatic N) is 2. The quantitative estimate of drug-likeness (QED) is 0.689. The lowest BCUT2D eigenvalue weighted by Gasteiger charge is -2.13. The molecule has 0 radical (unpaired) electrons. The summed E-state index contributed by atoms with van der Waals surface area (Å²) in [5.41, 5.74) is 2.54. The lowest BCUT2D eigenvalue weighted by Crippen LogP contribution is -2.09. The third-order valence-electron chi connectivity index (χ3n) is 3.41. The van der Waals surface area contributed by atoms with Crippen LogP contribution >= 0.6 is 45.8 Å². The third kappa shape index (κ3) is 3.73. The summed E-state index contributed by atoms with van der Waals surface area (Å²) in [6, 6.07) is 5.59. The van der Waals surface area contributed by atoms with Crippen molar-refractivity contribution in [2.45, 2.75) is 39.3 Å². The Bertz CT molecular complexity index is 643. The van der Waals surface area contributed by atoms with E-state index >= 15 is 0 Å². The molecule has 2 rings (SSSR count). The SMILES string of the molecule is CCc1nn(CC)c(CC(O)c2ccc(I)c(Cl)c2)c1Cl. The van der Waals surface area contributed by atoms with E-state index in [0.717, 1.165) is 33.5 Å². The number of aryl methyl sites for hydroxylation is 2. The molecule has 0 saturated heterocycles. The lowest BCUT2D eigenvalue weighted by atomic mass is 10.0. The molecule has 1 heterocycles. The van der Waals surface area contributed by atoms with Crippen molar-refractivity contribution in [1.29, 1.82) is 0 Å². The van der Waals surface area contributed by atoms with Crippen LogP contribution in [0.3, 0.4) is 0 Å². The molecule has 0 amide bonds. The van der Waals surface area contributed by atoms with Crippen molar-refractivity contribution < 1.29 is 5.11 Å². The molecule has 2 aromatic rings. The molecule has 0 aliphatic carbocycles. The molecule has 0 aliphatic heterocycles. The van der Waals surface area contributed by atoms with Gasteiger partial charge in [-0.2, -0.15) is 5.10 Å². The van der Waals surface area contributed by atoms with E-state index in [1.54, 1.807) is 6.07 Å². The van der Waals surface area contributed by atoms with Crippen LogP contribution in [0.15, 0.2) is 18.2 Å². The first-order chi connectivity index (χ1) is 9.97. The Kier molecular flexibility index (Phi) is 5.94. The van der Waals surface area contributed by atoms with Crippen molar-refractivity contribution in [3.8, 4) is 0 Å². The molecule has 0 fully saturated rings. The summed E-state index contributed by atoms with van der Waals surface area (Å²) in [6.07, 6.45) is 0.560. The van der Waals surface area contributed by atoms with Gasteiger partial charge >= 0.3 is 0 Å². The van der Waals surface area contributed by atoms with Crippen molar-refractivity contribution >= 4 is 45.8 Å². The number of aromatic nitrogens is 2. The highest BCUT2D eigenvalue weighted by Gasteiger charge is 2.19. The second kappa shape index (κ2) is 7.31. The molecule has 1 aromatic carbocycles. The van der Waals surface area contributed by atoms with Gasteiger partial charge in [-0.3, -0.25) is 4.68 Å². The van der Waals surface area contributed by atoms with E-state index in [4.69, 9.17) is 23.2 Å². The van der Waals surface area contributed by atoms with Gasteiger partial charge < -0.3 is 5.11 Å². The molecule has 1 atom stereocenters. The lowest BCUT2D eigenvalue weighted by molar-refractivity contribution is 0.175. The largest absolute Gasteiger partial charge is 0.388 e. The number of halogens is 3. The first-order valence-electron chi connectivity index (χ1n) is 6.84. The number of benzene rings is 1. The van der Waals surface area contributed by atoms with E-state index in [2.05, 4.69) is 27.7 Å². The summed E-state index contributed by atoms with van der Waals surface area (Å²) in [6.45, 7) is 4.77. The highest BCUT2D eigenvalue weighted by atomic mass is 127. The van der Waals surface area contributed by atoms with Gasteiger partial charge in [0.1, 0.15) is 0 Å². The minimum absolute atomic E-state index is 0.427. The van der Waals surface area contributed by atoms with E-state index in [0.29, 0.717) is 16.5 Å². The molecule has 0 spiro atoms. The number of hydrogen-bond donors (Lipinski definition) is 1. The average Bonchev–Trinajstić information content (AvgIpc) is 2.78. The molecule has 1 N–H and O–H groups in total. The normalized spacial score (nSPS) is 12.7. The first kappa shape index (κ1) is 17.1. The Morgan fingerprint density at radius 3 is 2.62 bits per heavy atom. The molecule has 0 saturated carbocycles. The van der Waals surface area contributed by atoms with Crippen LogP contribution < -0.4 is 0 Å². The van der Waals surface area contributed by atoms with Gasteiger partial charge in [0.15, 0.2) is 0 Å². The van der Waals surface area contributed by atoms with Crippen molar-refractivity contribution in [2.75, 3.05) is 0 Å². The van der Waals surface area contributed by atoms with Gasteiger partial charge in [0, 0.05) is 16.5 Å². The van der Waals surface area contributed by atoms with Gasteiger partial charge in [0.2, 0.25) is 0 Å². The molecule has 0 aliphatic rings. The molecule has 3 nitrogen and oxygen atoms in total. The predicted molar refractivity (Wildman–Crippen MR) is 95.1 cm³/mol. The summed E-state index contributed by atoms with van der Waals surface area (Å²) in [7, 11) is 0. The van der Waals surface area contributed by atoms with E-state index < -0.39 is 6.10 Å². The van der Waals surface area contributed by atoms with Crippen LogP contribution in [0.25, 0.3) is 0 Å². The summed E-state index contributed by atoms with van der Waals surface area (Å²) in [5.74, 6) is 0. The van der Waals surface area contributed by atoms with Crippen molar-refractivity contribution in [2.24, 2.45) is 0 Å². The molecule has 1 unspecified atom stereocenters. The fourth-order valence-corrected chi connectivity index (χ4v) is 3.10. The monoisotopic (exact) mass is 438 g/mol. The zero-order chi connectivity index (χ0) is 15.6. The Morgan fingerprint density at radius 2 is 2.05 bits per heavy atom. The summed E-state index contributed by atoms with van der Waals surface area (Å²) >= 11 is 14.7. The van der Waals surface area contributed by atoms with E-state index in [9.17, 15) is 5.11 Å². The predicted octanol–water partition coefficient (Wildman–Crippen LogP) is 4.65. The number of rotatable bonds is 5. The Morgan fingerprint density at radius 1 is 1.33 bits per heavy atom. The van der Waals surface area contributed by atoms with E-state index in [1.807, 2.05) is 30.7 Å². The molecule has 1 aromatic heterocycles. The number of aliphatic hydroxyl groups is 1. The van der Waals surface area contributed by atoms with E-state index in [1.165, 1.54) is 0 Å². The van der Waals surface area contributed by atoms with Gasteiger partial charge in [0.05, 0.1) is 27.5 Å². The van der Waals surface area contributed by atoms with Crippen LogP contribution in [0.1, 0.15) is 36.9 Å².